The van der Waals surface area contributed by atoms with Crippen molar-refractivity contribution in [1.82, 2.24) is 25.7 Å². The monoisotopic (exact) mass is 445 g/mol. The highest BCUT2D eigenvalue weighted by Crippen LogP contribution is 2.28. The van der Waals surface area contributed by atoms with E-state index in [1.807, 2.05) is 44.8 Å². The Labute approximate surface area is 187 Å². The summed E-state index contributed by atoms with van der Waals surface area (Å²) in [4.78, 5) is 34.3. The van der Waals surface area contributed by atoms with Crippen LogP contribution in [0.4, 0.5) is 4.79 Å². The average Bonchev–Trinajstić information content (AvgIpc) is 3.10. The van der Waals surface area contributed by atoms with E-state index in [9.17, 15) is 9.59 Å². The minimum atomic E-state index is -0.515. The molecule has 8 nitrogen and oxygen atoms in total. The number of thiazole rings is 1. The first kappa shape index (κ1) is 23.1. The summed E-state index contributed by atoms with van der Waals surface area (Å²) in [7, 11) is 0. The van der Waals surface area contributed by atoms with Crippen molar-refractivity contribution in [2.75, 3.05) is 13.1 Å². The Bertz CT molecular complexity index is 929. The third kappa shape index (κ3) is 6.48. The zero-order valence-electron chi connectivity index (χ0n) is 18.8. The molecule has 1 fully saturated rings. The number of aromatic nitrogens is 2. The van der Waals surface area contributed by atoms with Gasteiger partial charge < -0.3 is 10.1 Å². The minimum absolute atomic E-state index is 0.0409. The summed E-state index contributed by atoms with van der Waals surface area (Å²) in [5, 5.41) is 5.63. The number of amides is 2. The highest BCUT2D eigenvalue weighted by atomic mass is 32.1. The van der Waals surface area contributed by atoms with Crippen LogP contribution in [0.1, 0.15) is 61.6 Å². The lowest BCUT2D eigenvalue weighted by molar-refractivity contribution is 0.0452. The van der Waals surface area contributed by atoms with Gasteiger partial charge >= 0.3 is 6.09 Å². The standard InChI is InChI=1S/C22H31N5O3S/c1-6-16-13-15(7-10-23-16)20-24-14(2)18(31-20)19(28)26-27-11-8-17(9-12-27)25-21(29)30-22(3,4)5/h7,10,13,17H,6,8-9,11-12H2,1-5H3,(H,25,29)(H,26,28). The van der Waals surface area contributed by atoms with Gasteiger partial charge in [-0.2, -0.15) is 0 Å². The molecule has 2 aromatic heterocycles. The number of hydrogen-bond acceptors (Lipinski definition) is 7. The first-order chi connectivity index (χ1) is 14.6. The van der Waals surface area contributed by atoms with E-state index < -0.39 is 11.7 Å². The van der Waals surface area contributed by atoms with E-state index in [1.54, 1.807) is 6.20 Å². The number of aryl methyl sites for hydroxylation is 2. The first-order valence-electron chi connectivity index (χ1n) is 10.6. The molecule has 2 amide bonds. The summed E-state index contributed by atoms with van der Waals surface area (Å²) < 4.78 is 5.31. The number of nitrogens with one attached hydrogen (secondary N) is 2. The number of hydrazine groups is 1. The molecule has 1 aliphatic heterocycles. The topological polar surface area (TPSA) is 96.5 Å². The zero-order valence-corrected chi connectivity index (χ0v) is 19.6. The maximum atomic E-state index is 12.8. The summed E-state index contributed by atoms with van der Waals surface area (Å²) in [5.41, 5.74) is 5.16. The molecule has 2 aromatic rings. The molecule has 0 atom stereocenters. The van der Waals surface area contributed by atoms with E-state index in [0.29, 0.717) is 23.7 Å². The van der Waals surface area contributed by atoms with Crippen molar-refractivity contribution in [2.24, 2.45) is 0 Å². The zero-order chi connectivity index (χ0) is 22.6. The van der Waals surface area contributed by atoms with Crippen molar-refractivity contribution in [3.63, 3.8) is 0 Å². The smallest absolute Gasteiger partial charge is 0.407 e. The normalized spacial score (nSPS) is 15.5. The quantitative estimate of drug-likeness (QED) is 0.728. The van der Waals surface area contributed by atoms with E-state index in [1.165, 1.54) is 11.3 Å². The lowest BCUT2D eigenvalue weighted by Gasteiger charge is -2.32. The van der Waals surface area contributed by atoms with Gasteiger partial charge in [-0.1, -0.05) is 6.92 Å². The summed E-state index contributed by atoms with van der Waals surface area (Å²) >= 11 is 1.39. The molecule has 0 spiro atoms. The summed E-state index contributed by atoms with van der Waals surface area (Å²) in [6.07, 6.45) is 3.71. The van der Waals surface area contributed by atoms with Crippen LogP contribution in [0.2, 0.25) is 0 Å². The summed E-state index contributed by atoms with van der Waals surface area (Å²) in [6, 6.07) is 3.98. The van der Waals surface area contributed by atoms with Gasteiger partial charge in [0.2, 0.25) is 0 Å². The molecule has 31 heavy (non-hydrogen) atoms. The van der Waals surface area contributed by atoms with Crippen molar-refractivity contribution in [3.8, 4) is 10.6 Å². The molecule has 0 bridgehead atoms. The van der Waals surface area contributed by atoms with Gasteiger partial charge in [0.15, 0.2) is 0 Å². The molecule has 168 valence electrons. The van der Waals surface area contributed by atoms with Crippen LogP contribution in [0, 0.1) is 6.92 Å². The van der Waals surface area contributed by atoms with Crippen molar-refractivity contribution in [1.29, 1.82) is 0 Å². The number of ether oxygens (including phenoxy) is 1. The molecule has 1 aliphatic rings. The van der Waals surface area contributed by atoms with Gasteiger partial charge in [-0.25, -0.2) is 14.8 Å². The van der Waals surface area contributed by atoms with E-state index in [-0.39, 0.29) is 11.9 Å². The van der Waals surface area contributed by atoms with Gasteiger partial charge in [0.25, 0.3) is 5.91 Å². The largest absolute Gasteiger partial charge is 0.444 e. The van der Waals surface area contributed by atoms with Crippen LogP contribution < -0.4 is 10.7 Å². The number of piperidine rings is 1. The number of carbonyl (C=O) groups is 2. The molecule has 0 saturated carbocycles. The van der Waals surface area contributed by atoms with Crippen LogP contribution in [0.5, 0.6) is 0 Å². The van der Waals surface area contributed by atoms with Crippen LogP contribution in [-0.4, -0.2) is 51.7 Å². The fourth-order valence-corrected chi connectivity index (χ4v) is 4.29. The van der Waals surface area contributed by atoms with Crippen LogP contribution in [0.25, 0.3) is 10.6 Å². The van der Waals surface area contributed by atoms with E-state index >= 15 is 0 Å². The first-order valence-corrected chi connectivity index (χ1v) is 11.4. The number of rotatable bonds is 5. The molecule has 3 rings (SSSR count). The molecule has 1 saturated heterocycles. The Morgan fingerprint density at radius 1 is 1.29 bits per heavy atom. The van der Waals surface area contributed by atoms with Crippen LogP contribution in [0.3, 0.4) is 0 Å². The highest BCUT2D eigenvalue weighted by molar-refractivity contribution is 7.17. The van der Waals surface area contributed by atoms with Crippen molar-refractivity contribution in [2.45, 2.75) is 65.5 Å². The Morgan fingerprint density at radius 2 is 2.00 bits per heavy atom. The van der Waals surface area contributed by atoms with Crippen LogP contribution >= 0.6 is 11.3 Å². The Morgan fingerprint density at radius 3 is 2.65 bits per heavy atom. The molecular weight excluding hydrogens is 414 g/mol. The second-order valence-corrected chi connectivity index (χ2v) is 9.67. The highest BCUT2D eigenvalue weighted by Gasteiger charge is 2.25. The molecule has 3 heterocycles. The number of hydrogen-bond donors (Lipinski definition) is 2. The van der Waals surface area contributed by atoms with E-state index in [0.717, 1.165) is 35.5 Å². The van der Waals surface area contributed by atoms with Gasteiger partial charge in [-0.05, 0) is 59.1 Å². The predicted octanol–water partition coefficient (Wildman–Crippen LogP) is 3.71. The van der Waals surface area contributed by atoms with Crippen LogP contribution in [-0.2, 0) is 11.2 Å². The van der Waals surface area contributed by atoms with E-state index in [2.05, 4.69) is 27.6 Å². The third-order valence-corrected chi connectivity index (χ3v) is 6.11. The van der Waals surface area contributed by atoms with E-state index in [4.69, 9.17) is 4.74 Å². The minimum Gasteiger partial charge on any atom is -0.444 e. The molecule has 0 aromatic carbocycles. The molecule has 2 N–H and O–H groups in total. The Hall–Kier alpha value is -2.52. The van der Waals surface area contributed by atoms with Crippen molar-refractivity contribution < 1.29 is 14.3 Å². The summed E-state index contributed by atoms with van der Waals surface area (Å²) in [5.74, 6) is -0.149. The number of alkyl carbamates (subject to hydrolysis) is 1. The van der Waals surface area contributed by atoms with Gasteiger partial charge in [-0.3, -0.25) is 15.2 Å². The number of nitrogens with zero attached hydrogens (tertiary/aromatic N) is 3. The molecule has 0 unspecified atom stereocenters. The van der Waals surface area contributed by atoms with Gasteiger partial charge in [-0.15, -0.1) is 11.3 Å². The molecule has 0 aliphatic carbocycles. The lowest BCUT2D eigenvalue weighted by atomic mass is 10.1. The lowest BCUT2D eigenvalue weighted by Crippen LogP contribution is -2.51. The van der Waals surface area contributed by atoms with Gasteiger partial charge in [0, 0.05) is 36.6 Å². The maximum Gasteiger partial charge on any atom is 0.407 e. The Balaban J connectivity index is 1.54. The summed E-state index contributed by atoms with van der Waals surface area (Å²) in [6.45, 7) is 10.7. The maximum absolute atomic E-state index is 12.8. The van der Waals surface area contributed by atoms with Crippen molar-refractivity contribution in [3.05, 3.63) is 34.6 Å². The van der Waals surface area contributed by atoms with Gasteiger partial charge in [0.1, 0.15) is 15.5 Å². The second kappa shape index (κ2) is 9.74. The number of carbonyl (C=O) groups excluding carboxylic acids is 2. The van der Waals surface area contributed by atoms with Crippen LogP contribution in [0.15, 0.2) is 18.3 Å². The molecular formula is C22H31N5O3S. The Kier molecular flexibility index (Phi) is 7.27. The van der Waals surface area contributed by atoms with Gasteiger partial charge in [0.05, 0.1) is 5.69 Å². The number of pyridine rings is 1. The fourth-order valence-electron chi connectivity index (χ4n) is 3.34. The molecule has 0 radical (unpaired) electrons. The SMILES string of the molecule is CCc1cc(-c2nc(C)c(C(=O)NN3CCC(NC(=O)OC(C)(C)C)CC3)s2)ccn1. The predicted molar refractivity (Wildman–Crippen MR) is 121 cm³/mol. The van der Waals surface area contributed by atoms with Crippen molar-refractivity contribution >= 4 is 23.3 Å². The third-order valence-electron chi connectivity index (χ3n) is 4.90. The second-order valence-electron chi connectivity index (χ2n) is 8.67. The average molecular weight is 446 g/mol. The fraction of sp³-hybridized carbons (Fsp3) is 0.545. The molecule has 9 heteroatoms.